The molecule has 16 heavy (non-hydrogen) atoms. The summed E-state index contributed by atoms with van der Waals surface area (Å²) in [5.41, 5.74) is 0.329. The lowest BCUT2D eigenvalue weighted by Crippen LogP contribution is -2.39. The average molecular weight is 224 g/mol. The molecule has 1 rings (SSSR count). The van der Waals surface area contributed by atoms with Gasteiger partial charge >= 0.3 is 0 Å². The van der Waals surface area contributed by atoms with Gasteiger partial charge in [-0.05, 0) is 38.1 Å². The van der Waals surface area contributed by atoms with E-state index in [0.717, 1.165) is 25.4 Å². The van der Waals surface area contributed by atoms with E-state index in [1.165, 1.54) is 6.42 Å². The fourth-order valence-corrected chi connectivity index (χ4v) is 2.10. The van der Waals surface area contributed by atoms with Crippen molar-refractivity contribution < 1.29 is 4.42 Å². The zero-order valence-corrected chi connectivity index (χ0v) is 10.9. The van der Waals surface area contributed by atoms with Crippen molar-refractivity contribution >= 4 is 0 Å². The lowest BCUT2D eigenvalue weighted by molar-refractivity contribution is 0.170. The summed E-state index contributed by atoms with van der Waals surface area (Å²) in [7, 11) is 4.16. The zero-order chi connectivity index (χ0) is 12.0. The molecule has 3 nitrogen and oxygen atoms in total. The maximum Gasteiger partial charge on any atom is 0.117 e. The summed E-state index contributed by atoms with van der Waals surface area (Å²) >= 11 is 0. The molecule has 0 aliphatic heterocycles. The van der Waals surface area contributed by atoms with Crippen molar-refractivity contribution in [2.45, 2.75) is 26.8 Å². The van der Waals surface area contributed by atoms with Crippen molar-refractivity contribution in [1.82, 2.24) is 10.2 Å². The van der Waals surface area contributed by atoms with Crippen molar-refractivity contribution in [1.29, 1.82) is 0 Å². The molecule has 0 saturated carbocycles. The van der Waals surface area contributed by atoms with Gasteiger partial charge in [-0.25, -0.2) is 0 Å². The fraction of sp³-hybridized carbons (Fsp3) is 0.692. The third-order valence-electron chi connectivity index (χ3n) is 3.11. The number of furan rings is 1. The van der Waals surface area contributed by atoms with E-state index in [-0.39, 0.29) is 0 Å². The molecule has 0 spiro atoms. The second-order valence-electron chi connectivity index (χ2n) is 4.95. The highest BCUT2D eigenvalue weighted by molar-refractivity contribution is 4.97. The van der Waals surface area contributed by atoms with Crippen LogP contribution >= 0.6 is 0 Å². The predicted molar refractivity (Wildman–Crippen MR) is 67.4 cm³/mol. The molecule has 0 aromatic carbocycles. The van der Waals surface area contributed by atoms with E-state index in [0.29, 0.717) is 5.41 Å². The maximum absolute atomic E-state index is 5.35. The van der Waals surface area contributed by atoms with E-state index in [1.807, 2.05) is 19.2 Å². The Morgan fingerprint density at radius 2 is 2.25 bits per heavy atom. The quantitative estimate of drug-likeness (QED) is 0.770. The van der Waals surface area contributed by atoms with Crippen LogP contribution in [-0.2, 0) is 6.54 Å². The van der Waals surface area contributed by atoms with E-state index in [4.69, 9.17) is 4.42 Å². The van der Waals surface area contributed by atoms with Gasteiger partial charge in [-0.15, -0.1) is 0 Å². The molecule has 0 aliphatic rings. The van der Waals surface area contributed by atoms with Crippen LogP contribution in [0.5, 0.6) is 0 Å². The molecule has 0 amide bonds. The van der Waals surface area contributed by atoms with Gasteiger partial charge < -0.3 is 9.73 Å². The average Bonchev–Trinajstić information content (AvgIpc) is 2.70. The topological polar surface area (TPSA) is 28.4 Å². The van der Waals surface area contributed by atoms with Crippen molar-refractivity contribution in [2.24, 2.45) is 5.41 Å². The normalized spacial score (nSPS) is 15.3. The first-order valence-electron chi connectivity index (χ1n) is 5.95. The Kier molecular flexibility index (Phi) is 5.03. The Labute approximate surface area is 98.8 Å². The van der Waals surface area contributed by atoms with Gasteiger partial charge in [0, 0.05) is 13.1 Å². The standard InChI is InChI=1S/C13H24N2O/c1-5-13(2,10-14-3)11-15(4)9-12-7-6-8-16-12/h6-8,14H,5,9-11H2,1-4H3. The summed E-state index contributed by atoms with van der Waals surface area (Å²) in [4.78, 5) is 2.32. The molecule has 0 aliphatic carbocycles. The zero-order valence-electron chi connectivity index (χ0n) is 10.9. The first kappa shape index (κ1) is 13.3. The van der Waals surface area contributed by atoms with Gasteiger partial charge in [0.05, 0.1) is 12.8 Å². The first-order valence-corrected chi connectivity index (χ1v) is 5.95. The van der Waals surface area contributed by atoms with Gasteiger partial charge in [-0.1, -0.05) is 13.8 Å². The molecule has 0 bridgehead atoms. The number of rotatable bonds is 7. The lowest BCUT2D eigenvalue weighted by atomic mass is 9.87. The molecular formula is C13H24N2O. The molecule has 1 heterocycles. The van der Waals surface area contributed by atoms with Gasteiger partial charge in [0.15, 0.2) is 0 Å². The number of hydrogen-bond acceptors (Lipinski definition) is 3. The van der Waals surface area contributed by atoms with Gasteiger partial charge in [0.2, 0.25) is 0 Å². The Morgan fingerprint density at radius 3 is 2.75 bits per heavy atom. The smallest absolute Gasteiger partial charge is 0.117 e. The van der Waals surface area contributed by atoms with Gasteiger partial charge in [0.1, 0.15) is 5.76 Å². The van der Waals surface area contributed by atoms with Gasteiger partial charge in [-0.2, -0.15) is 0 Å². The molecule has 0 radical (unpaired) electrons. The van der Waals surface area contributed by atoms with E-state index in [9.17, 15) is 0 Å². The van der Waals surface area contributed by atoms with Crippen molar-refractivity contribution in [3.63, 3.8) is 0 Å². The van der Waals surface area contributed by atoms with Crippen LogP contribution in [0.4, 0.5) is 0 Å². The lowest BCUT2D eigenvalue weighted by Gasteiger charge is -2.32. The molecule has 1 aromatic rings. The Balaban J connectivity index is 2.45. The second-order valence-corrected chi connectivity index (χ2v) is 4.95. The SMILES string of the molecule is CCC(C)(CNC)CN(C)Cc1ccco1. The largest absolute Gasteiger partial charge is 0.468 e. The van der Waals surface area contributed by atoms with Crippen molar-refractivity contribution in [3.05, 3.63) is 24.2 Å². The van der Waals surface area contributed by atoms with Crippen molar-refractivity contribution in [2.75, 3.05) is 27.2 Å². The summed E-state index contributed by atoms with van der Waals surface area (Å²) in [5.74, 6) is 1.03. The minimum atomic E-state index is 0.329. The van der Waals surface area contributed by atoms with Crippen LogP contribution < -0.4 is 5.32 Å². The van der Waals surface area contributed by atoms with E-state index in [1.54, 1.807) is 6.26 Å². The van der Waals surface area contributed by atoms with Gasteiger partial charge in [-0.3, -0.25) is 4.90 Å². The molecule has 92 valence electrons. The molecule has 1 unspecified atom stereocenters. The minimum Gasteiger partial charge on any atom is -0.468 e. The maximum atomic E-state index is 5.35. The molecule has 1 N–H and O–H groups in total. The number of hydrogen-bond donors (Lipinski definition) is 1. The molecule has 0 saturated heterocycles. The van der Waals surface area contributed by atoms with Crippen LogP contribution in [0.2, 0.25) is 0 Å². The van der Waals surface area contributed by atoms with Crippen LogP contribution in [0.25, 0.3) is 0 Å². The minimum absolute atomic E-state index is 0.329. The Bertz CT molecular complexity index is 284. The number of nitrogens with zero attached hydrogens (tertiary/aromatic N) is 1. The third kappa shape index (κ3) is 3.99. The summed E-state index contributed by atoms with van der Waals surface area (Å²) < 4.78 is 5.35. The second kappa shape index (κ2) is 6.06. The van der Waals surface area contributed by atoms with Crippen LogP contribution in [-0.4, -0.2) is 32.1 Å². The third-order valence-corrected chi connectivity index (χ3v) is 3.11. The monoisotopic (exact) mass is 224 g/mol. The highest BCUT2D eigenvalue weighted by atomic mass is 16.3. The van der Waals surface area contributed by atoms with Crippen LogP contribution in [0.15, 0.2) is 22.8 Å². The van der Waals surface area contributed by atoms with Crippen molar-refractivity contribution in [3.8, 4) is 0 Å². The molecule has 0 fully saturated rings. The van der Waals surface area contributed by atoms with E-state index >= 15 is 0 Å². The Morgan fingerprint density at radius 1 is 1.50 bits per heavy atom. The van der Waals surface area contributed by atoms with Crippen LogP contribution in [0.1, 0.15) is 26.0 Å². The highest BCUT2D eigenvalue weighted by Crippen LogP contribution is 2.21. The first-order chi connectivity index (χ1) is 7.59. The highest BCUT2D eigenvalue weighted by Gasteiger charge is 2.23. The number of nitrogens with one attached hydrogen (secondary N) is 1. The molecule has 3 heteroatoms. The summed E-state index contributed by atoms with van der Waals surface area (Å²) in [6.07, 6.45) is 2.91. The fourth-order valence-electron chi connectivity index (χ4n) is 2.10. The molecule has 1 aromatic heterocycles. The van der Waals surface area contributed by atoms with Crippen LogP contribution in [0.3, 0.4) is 0 Å². The summed E-state index contributed by atoms with van der Waals surface area (Å²) in [6, 6.07) is 3.97. The molecular weight excluding hydrogens is 200 g/mol. The predicted octanol–water partition coefficient (Wildman–Crippen LogP) is 2.35. The van der Waals surface area contributed by atoms with Crippen LogP contribution in [0, 0.1) is 5.41 Å². The van der Waals surface area contributed by atoms with Gasteiger partial charge in [0.25, 0.3) is 0 Å². The summed E-state index contributed by atoms with van der Waals surface area (Å²) in [6.45, 7) is 7.57. The van der Waals surface area contributed by atoms with E-state index < -0.39 is 0 Å². The van der Waals surface area contributed by atoms with E-state index in [2.05, 4.69) is 31.1 Å². The Hall–Kier alpha value is -0.800. The summed E-state index contributed by atoms with van der Waals surface area (Å²) in [5, 5.41) is 3.27. The molecule has 1 atom stereocenters.